The number of rotatable bonds is 0. The Morgan fingerprint density at radius 2 is 2.17 bits per heavy atom. The van der Waals surface area contributed by atoms with Gasteiger partial charge in [-0.2, -0.15) is 0 Å². The first kappa shape index (κ1) is 5.27. The van der Waals surface area contributed by atoms with E-state index in [1.807, 2.05) is 0 Å². The topological polar surface area (TPSA) is 40.5 Å². The van der Waals surface area contributed by atoms with E-state index in [2.05, 4.69) is 7.05 Å². The fourth-order valence-electron chi connectivity index (χ4n) is 0. The zero-order valence-corrected chi connectivity index (χ0v) is 3.51. The van der Waals surface area contributed by atoms with Crippen molar-refractivity contribution in [3.8, 4) is 0 Å². The Kier molecular flexibility index (Phi) is 1.44. The van der Waals surface area contributed by atoms with E-state index in [-0.39, 0.29) is 0 Å². The van der Waals surface area contributed by atoms with Gasteiger partial charge in [0.25, 0.3) is 0 Å². The highest BCUT2D eigenvalue weighted by molar-refractivity contribution is 5.64. The van der Waals surface area contributed by atoms with Gasteiger partial charge in [0.05, 0.1) is 0 Å². The van der Waals surface area contributed by atoms with E-state index in [0.29, 0.717) is 0 Å². The summed E-state index contributed by atoms with van der Waals surface area (Å²) in [6, 6.07) is 0. The van der Waals surface area contributed by atoms with Gasteiger partial charge in [-0.25, -0.2) is 4.79 Å². The Morgan fingerprint density at radius 3 is 2.17 bits per heavy atom. The molecule has 0 aromatic carbocycles. The molecule has 0 saturated heterocycles. The molecule has 6 heavy (non-hydrogen) atoms. The normalized spacial score (nSPS) is 7.67. The SMILES string of the molecule is [CH2]N(C)C(=O)O. The van der Waals surface area contributed by atoms with Crippen molar-refractivity contribution in [2.24, 2.45) is 0 Å². The van der Waals surface area contributed by atoms with Crippen molar-refractivity contribution in [1.82, 2.24) is 4.90 Å². The molecule has 0 spiro atoms. The summed E-state index contributed by atoms with van der Waals surface area (Å²) < 4.78 is 0. The zero-order valence-electron chi connectivity index (χ0n) is 3.51. The van der Waals surface area contributed by atoms with E-state index >= 15 is 0 Å². The molecule has 1 radical (unpaired) electrons. The van der Waals surface area contributed by atoms with E-state index < -0.39 is 6.09 Å². The van der Waals surface area contributed by atoms with Crippen LogP contribution in [0.1, 0.15) is 0 Å². The van der Waals surface area contributed by atoms with Gasteiger partial charge in [0, 0.05) is 14.1 Å². The second kappa shape index (κ2) is 1.64. The highest BCUT2D eigenvalue weighted by Gasteiger charge is 1.92. The highest BCUT2D eigenvalue weighted by atomic mass is 16.4. The molecule has 0 aromatic rings. The van der Waals surface area contributed by atoms with Gasteiger partial charge >= 0.3 is 6.09 Å². The molecule has 0 aliphatic rings. The Labute approximate surface area is 36.2 Å². The smallest absolute Gasteiger partial charge is 0.407 e. The van der Waals surface area contributed by atoms with Gasteiger partial charge in [-0.05, 0) is 0 Å². The van der Waals surface area contributed by atoms with E-state index in [1.54, 1.807) is 0 Å². The molecule has 0 saturated carbocycles. The summed E-state index contributed by atoms with van der Waals surface area (Å²) in [6.07, 6.45) is -1.02. The lowest BCUT2D eigenvalue weighted by molar-refractivity contribution is 0.170. The van der Waals surface area contributed by atoms with Crippen molar-refractivity contribution in [1.29, 1.82) is 0 Å². The minimum absolute atomic E-state index is 0.833. The second-order valence-corrected chi connectivity index (χ2v) is 0.981. The van der Waals surface area contributed by atoms with Crippen molar-refractivity contribution < 1.29 is 9.90 Å². The first-order valence-corrected chi connectivity index (χ1v) is 1.41. The van der Waals surface area contributed by atoms with Crippen LogP contribution in [-0.2, 0) is 0 Å². The van der Waals surface area contributed by atoms with E-state index in [0.717, 1.165) is 4.90 Å². The zero-order chi connectivity index (χ0) is 5.15. The predicted molar refractivity (Wildman–Crippen MR) is 21.1 cm³/mol. The molecule has 0 heterocycles. The lowest BCUT2D eigenvalue weighted by Gasteiger charge is -1.99. The Bertz CT molecular complexity index is 59.8. The third-order valence-corrected chi connectivity index (χ3v) is 0.327. The number of carboxylic acid groups (broad SMARTS) is 1. The molecule has 0 aliphatic carbocycles. The van der Waals surface area contributed by atoms with Crippen LogP contribution in [0.2, 0.25) is 0 Å². The summed E-state index contributed by atoms with van der Waals surface area (Å²) in [5.74, 6) is 0. The Morgan fingerprint density at radius 1 is 2.00 bits per heavy atom. The summed E-state index contributed by atoms with van der Waals surface area (Å²) in [7, 11) is 4.44. The molecule has 0 unspecified atom stereocenters. The average Bonchev–Trinajstić information content (AvgIpc) is 1.36. The van der Waals surface area contributed by atoms with Crippen LogP contribution in [0.4, 0.5) is 4.79 Å². The van der Waals surface area contributed by atoms with E-state index in [4.69, 9.17) is 5.11 Å². The summed E-state index contributed by atoms with van der Waals surface area (Å²) in [6.45, 7) is 0. The molecule has 0 aliphatic heterocycles. The molecule has 0 fully saturated rings. The third kappa shape index (κ3) is 1.58. The standard InChI is InChI=1S/C3H6NO2/c1-4(2)3(5)6/h1H2,2H3,(H,5,6). The lowest BCUT2D eigenvalue weighted by Crippen LogP contribution is -2.15. The van der Waals surface area contributed by atoms with Crippen molar-refractivity contribution in [2.75, 3.05) is 7.05 Å². The average molecular weight is 88.1 g/mol. The van der Waals surface area contributed by atoms with Crippen LogP contribution in [-0.4, -0.2) is 23.1 Å². The fourth-order valence-corrected chi connectivity index (χ4v) is 0. The second-order valence-electron chi connectivity index (χ2n) is 0.981. The van der Waals surface area contributed by atoms with Crippen molar-refractivity contribution in [3.05, 3.63) is 7.05 Å². The number of nitrogens with zero attached hydrogens (tertiary/aromatic N) is 1. The largest absolute Gasteiger partial charge is 0.465 e. The minimum Gasteiger partial charge on any atom is -0.465 e. The summed E-state index contributed by atoms with van der Waals surface area (Å²) in [5.41, 5.74) is 0. The summed E-state index contributed by atoms with van der Waals surface area (Å²) in [4.78, 5) is 10.4. The van der Waals surface area contributed by atoms with Gasteiger partial charge < -0.3 is 10.0 Å². The third-order valence-electron chi connectivity index (χ3n) is 0.327. The molecule has 0 bridgehead atoms. The number of hydrogen-bond donors (Lipinski definition) is 1. The highest BCUT2D eigenvalue weighted by Crippen LogP contribution is 1.72. The molecular weight excluding hydrogens is 82.0 g/mol. The number of amides is 1. The van der Waals surface area contributed by atoms with Gasteiger partial charge in [-0.1, -0.05) is 0 Å². The van der Waals surface area contributed by atoms with Crippen LogP contribution in [0.15, 0.2) is 0 Å². The van der Waals surface area contributed by atoms with Crippen LogP contribution in [0.5, 0.6) is 0 Å². The molecule has 0 aromatic heterocycles. The Balaban J connectivity index is 3.26. The van der Waals surface area contributed by atoms with Gasteiger partial charge in [0.15, 0.2) is 0 Å². The number of carbonyl (C=O) groups is 1. The molecule has 3 heteroatoms. The summed E-state index contributed by atoms with van der Waals surface area (Å²) >= 11 is 0. The lowest BCUT2D eigenvalue weighted by atomic mass is 10.9. The molecule has 1 N–H and O–H groups in total. The minimum atomic E-state index is -1.02. The molecule has 0 rings (SSSR count). The maximum Gasteiger partial charge on any atom is 0.407 e. The van der Waals surface area contributed by atoms with Crippen LogP contribution < -0.4 is 0 Å². The van der Waals surface area contributed by atoms with Crippen LogP contribution in [0, 0.1) is 7.05 Å². The molecule has 1 amide bonds. The van der Waals surface area contributed by atoms with E-state index in [1.165, 1.54) is 7.05 Å². The first-order chi connectivity index (χ1) is 2.64. The molecular formula is C3H6NO2. The van der Waals surface area contributed by atoms with Crippen LogP contribution in [0.25, 0.3) is 0 Å². The predicted octanol–water partition coefficient (Wildman–Crippen LogP) is 0.388. The van der Waals surface area contributed by atoms with Crippen LogP contribution >= 0.6 is 0 Å². The maximum atomic E-state index is 9.56. The van der Waals surface area contributed by atoms with Crippen molar-refractivity contribution in [2.45, 2.75) is 0 Å². The quantitative estimate of drug-likeness (QED) is 0.465. The molecule has 3 nitrogen and oxygen atoms in total. The molecule has 0 atom stereocenters. The van der Waals surface area contributed by atoms with Gasteiger partial charge in [-0.3, -0.25) is 0 Å². The van der Waals surface area contributed by atoms with Gasteiger partial charge in [0.1, 0.15) is 0 Å². The Hall–Kier alpha value is -0.730. The monoisotopic (exact) mass is 88.0 g/mol. The molecule has 35 valence electrons. The first-order valence-electron chi connectivity index (χ1n) is 1.41. The van der Waals surface area contributed by atoms with E-state index in [9.17, 15) is 4.79 Å². The maximum absolute atomic E-state index is 9.56. The van der Waals surface area contributed by atoms with Crippen molar-refractivity contribution >= 4 is 6.09 Å². The van der Waals surface area contributed by atoms with Crippen LogP contribution in [0.3, 0.4) is 0 Å². The number of hydrogen-bond acceptors (Lipinski definition) is 1. The summed E-state index contributed by atoms with van der Waals surface area (Å²) in [5, 5.41) is 7.85. The van der Waals surface area contributed by atoms with Gasteiger partial charge in [0.2, 0.25) is 0 Å². The fraction of sp³-hybridized carbons (Fsp3) is 0.333. The van der Waals surface area contributed by atoms with Gasteiger partial charge in [-0.15, -0.1) is 0 Å². The van der Waals surface area contributed by atoms with Crippen molar-refractivity contribution in [3.63, 3.8) is 0 Å².